The maximum Gasteiger partial charge on any atom is 0.310 e. The van der Waals surface area contributed by atoms with Gasteiger partial charge in [-0.2, -0.15) is 17.0 Å². The largest absolute Gasteiger partial charge is 0.345 e. The molecule has 0 bridgehead atoms. The van der Waals surface area contributed by atoms with Crippen molar-refractivity contribution in [2.75, 3.05) is 18.1 Å². The molecular weight excluding hydrogens is 214 g/mol. The Labute approximate surface area is 93.6 Å². The van der Waals surface area contributed by atoms with Crippen LogP contribution in [0.4, 0.5) is 0 Å². The first-order valence-electron chi connectivity index (χ1n) is 4.65. The summed E-state index contributed by atoms with van der Waals surface area (Å²) >= 11 is 1.69. The maximum atomic E-state index is 11.2. The molecule has 0 radical (unpaired) electrons. The highest BCUT2D eigenvalue weighted by atomic mass is 32.2. The Morgan fingerprint density at radius 3 is 2.67 bits per heavy atom. The average Bonchev–Trinajstić information content (AvgIpc) is 2.22. The molecule has 0 fully saturated rings. The highest BCUT2D eigenvalue weighted by Gasteiger charge is 2.14. The quantitative estimate of drug-likeness (QED) is 0.509. The number of hydrogen-bond donors (Lipinski definition) is 2. The number of nitriles is 1. The molecule has 6 heteroatoms. The van der Waals surface area contributed by atoms with E-state index < -0.39 is 11.8 Å². The zero-order valence-electron chi connectivity index (χ0n) is 8.87. The Bertz CT molecular complexity index is 263. The number of nitrogens with one attached hydrogen (secondary N) is 2. The molecule has 0 aromatic rings. The van der Waals surface area contributed by atoms with Crippen molar-refractivity contribution in [1.82, 2.24) is 10.6 Å². The van der Waals surface area contributed by atoms with Gasteiger partial charge in [0, 0.05) is 11.8 Å². The lowest BCUT2D eigenvalue weighted by molar-refractivity contribution is -0.139. The van der Waals surface area contributed by atoms with Crippen LogP contribution in [-0.4, -0.2) is 35.9 Å². The number of carbonyl (C=O) groups excluding carboxylic acids is 2. The van der Waals surface area contributed by atoms with Gasteiger partial charge in [0.25, 0.3) is 0 Å². The van der Waals surface area contributed by atoms with Gasteiger partial charge in [-0.15, -0.1) is 0 Å². The summed E-state index contributed by atoms with van der Waals surface area (Å²) in [5.41, 5.74) is 0. The lowest BCUT2D eigenvalue weighted by atomic mass is 10.4. The second-order valence-corrected chi connectivity index (χ2v) is 4.19. The molecule has 15 heavy (non-hydrogen) atoms. The van der Waals surface area contributed by atoms with E-state index in [1.54, 1.807) is 17.8 Å². The predicted octanol–water partition coefficient (Wildman–Crippen LogP) is -0.116. The van der Waals surface area contributed by atoms with Crippen molar-refractivity contribution in [1.29, 1.82) is 5.26 Å². The fourth-order valence-electron chi connectivity index (χ4n) is 0.826. The predicted molar refractivity (Wildman–Crippen MR) is 59.2 cm³/mol. The minimum Gasteiger partial charge on any atom is -0.345 e. The molecule has 1 unspecified atom stereocenters. The third-order valence-corrected chi connectivity index (χ3v) is 2.63. The number of hydrogen-bond acceptors (Lipinski definition) is 4. The SMILES string of the molecule is CCSCC(C)NC(=O)C(=O)NCC#N. The van der Waals surface area contributed by atoms with Crippen molar-refractivity contribution in [2.45, 2.75) is 19.9 Å². The molecule has 0 saturated heterocycles. The molecule has 0 spiro atoms. The van der Waals surface area contributed by atoms with E-state index >= 15 is 0 Å². The number of rotatable bonds is 5. The molecule has 2 amide bonds. The zero-order valence-corrected chi connectivity index (χ0v) is 9.69. The van der Waals surface area contributed by atoms with Gasteiger partial charge in [0.2, 0.25) is 0 Å². The van der Waals surface area contributed by atoms with Crippen molar-refractivity contribution in [3.63, 3.8) is 0 Å². The van der Waals surface area contributed by atoms with Gasteiger partial charge in [-0.1, -0.05) is 6.92 Å². The molecule has 0 rings (SSSR count). The molecule has 0 aliphatic heterocycles. The Balaban J connectivity index is 3.81. The fourth-order valence-corrected chi connectivity index (χ4v) is 1.50. The van der Waals surface area contributed by atoms with Gasteiger partial charge in [-0.05, 0) is 12.7 Å². The summed E-state index contributed by atoms with van der Waals surface area (Å²) in [5.74, 6) is 0.300. The summed E-state index contributed by atoms with van der Waals surface area (Å²) in [6, 6.07) is 1.68. The van der Waals surface area contributed by atoms with E-state index in [-0.39, 0.29) is 12.6 Å². The Hall–Kier alpha value is -1.22. The second-order valence-electron chi connectivity index (χ2n) is 2.87. The van der Waals surface area contributed by atoms with E-state index in [0.29, 0.717) is 0 Å². The minimum atomic E-state index is -0.759. The first kappa shape index (κ1) is 13.8. The Morgan fingerprint density at radius 2 is 2.13 bits per heavy atom. The number of amides is 2. The molecule has 0 aliphatic carbocycles. The van der Waals surface area contributed by atoms with Crippen LogP contribution in [0.5, 0.6) is 0 Å². The fraction of sp³-hybridized carbons (Fsp3) is 0.667. The summed E-state index contributed by atoms with van der Waals surface area (Å²) in [6.07, 6.45) is 0. The molecule has 0 aromatic carbocycles. The van der Waals surface area contributed by atoms with Gasteiger partial charge >= 0.3 is 11.8 Å². The summed E-state index contributed by atoms with van der Waals surface area (Å²) in [6.45, 7) is 3.71. The minimum absolute atomic E-state index is 0.0460. The molecule has 0 saturated carbocycles. The summed E-state index contributed by atoms with van der Waals surface area (Å²) in [7, 11) is 0. The number of thioether (sulfide) groups is 1. The first-order valence-corrected chi connectivity index (χ1v) is 5.80. The topological polar surface area (TPSA) is 82.0 Å². The molecule has 1 atom stereocenters. The molecule has 0 heterocycles. The number of carbonyl (C=O) groups is 2. The van der Waals surface area contributed by atoms with Crippen LogP contribution >= 0.6 is 11.8 Å². The van der Waals surface area contributed by atoms with Crippen LogP contribution in [0.1, 0.15) is 13.8 Å². The van der Waals surface area contributed by atoms with Crippen LogP contribution < -0.4 is 10.6 Å². The number of nitrogens with zero attached hydrogens (tertiary/aromatic N) is 1. The maximum absolute atomic E-state index is 11.2. The van der Waals surface area contributed by atoms with Crippen LogP contribution in [0.25, 0.3) is 0 Å². The van der Waals surface area contributed by atoms with E-state index in [9.17, 15) is 9.59 Å². The van der Waals surface area contributed by atoms with Crippen molar-refractivity contribution in [2.24, 2.45) is 0 Å². The zero-order chi connectivity index (χ0) is 11.7. The van der Waals surface area contributed by atoms with Gasteiger partial charge in [0.05, 0.1) is 6.07 Å². The van der Waals surface area contributed by atoms with Crippen LogP contribution in [0, 0.1) is 11.3 Å². The van der Waals surface area contributed by atoms with E-state index in [4.69, 9.17) is 5.26 Å². The highest BCUT2D eigenvalue weighted by Crippen LogP contribution is 2.00. The van der Waals surface area contributed by atoms with Crippen LogP contribution in [0.15, 0.2) is 0 Å². The monoisotopic (exact) mass is 229 g/mol. The standard InChI is InChI=1S/C9H15N3O2S/c1-3-15-6-7(2)12-9(14)8(13)11-5-4-10/h7H,3,5-6H2,1-2H3,(H,11,13)(H,12,14). The summed E-state index contributed by atoms with van der Waals surface area (Å²) in [4.78, 5) is 22.2. The van der Waals surface area contributed by atoms with Crippen molar-refractivity contribution >= 4 is 23.6 Å². The normalized spacial score (nSPS) is 11.3. The summed E-state index contributed by atoms with van der Waals surface area (Å²) < 4.78 is 0. The van der Waals surface area contributed by atoms with Crippen molar-refractivity contribution in [3.05, 3.63) is 0 Å². The van der Waals surface area contributed by atoms with E-state index in [2.05, 4.69) is 10.6 Å². The van der Waals surface area contributed by atoms with Crippen LogP contribution in [0.3, 0.4) is 0 Å². The highest BCUT2D eigenvalue weighted by molar-refractivity contribution is 7.99. The molecule has 84 valence electrons. The van der Waals surface area contributed by atoms with Gasteiger partial charge in [-0.3, -0.25) is 9.59 Å². The molecule has 2 N–H and O–H groups in total. The van der Waals surface area contributed by atoms with Gasteiger partial charge in [0.15, 0.2) is 0 Å². The first-order chi connectivity index (χ1) is 7.11. The smallest absolute Gasteiger partial charge is 0.310 e. The molecular formula is C9H15N3O2S. The summed E-state index contributed by atoms with van der Waals surface area (Å²) in [5, 5.41) is 12.9. The third-order valence-electron chi connectivity index (χ3n) is 1.48. The lowest BCUT2D eigenvalue weighted by Crippen LogP contribution is -2.44. The Kier molecular flexibility index (Phi) is 7.46. The van der Waals surface area contributed by atoms with Crippen molar-refractivity contribution < 1.29 is 9.59 Å². The van der Waals surface area contributed by atoms with E-state index in [1.165, 1.54) is 0 Å². The Morgan fingerprint density at radius 1 is 1.47 bits per heavy atom. The molecule has 0 aromatic heterocycles. The third kappa shape index (κ3) is 6.80. The van der Waals surface area contributed by atoms with E-state index in [1.807, 2.05) is 13.8 Å². The second kappa shape index (κ2) is 8.12. The van der Waals surface area contributed by atoms with Gasteiger partial charge < -0.3 is 10.6 Å². The van der Waals surface area contributed by atoms with Gasteiger partial charge in [-0.25, -0.2) is 0 Å². The molecule has 0 aliphatic rings. The van der Waals surface area contributed by atoms with Crippen LogP contribution in [0.2, 0.25) is 0 Å². The van der Waals surface area contributed by atoms with Gasteiger partial charge in [0.1, 0.15) is 6.54 Å². The lowest BCUT2D eigenvalue weighted by Gasteiger charge is -2.11. The molecule has 5 nitrogen and oxygen atoms in total. The van der Waals surface area contributed by atoms with E-state index in [0.717, 1.165) is 11.5 Å². The average molecular weight is 229 g/mol. The van der Waals surface area contributed by atoms with Crippen molar-refractivity contribution in [3.8, 4) is 6.07 Å². The van der Waals surface area contributed by atoms with Crippen LogP contribution in [-0.2, 0) is 9.59 Å².